The van der Waals surface area contributed by atoms with E-state index in [4.69, 9.17) is 4.98 Å². The van der Waals surface area contributed by atoms with Gasteiger partial charge < -0.3 is 0 Å². The second-order valence-corrected chi connectivity index (χ2v) is 16.3. The number of hydrogen-bond acceptors (Lipinski definition) is 1. The van der Waals surface area contributed by atoms with Gasteiger partial charge in [0.15, 0.2) is 0 Å². The van der Waals surface area contributed by atoms with Gasteiger partial charge in [0.1, 0.15) is 5.82 Å². The molecule has 1 aliphatic carbocycles. The third-order valence-electron chi connectivity index (χ3n) is 12.8. The van der Waals surface area contributed by atoms with Crippen LogP contribution >= 0.6 is 0 Å². The highest BCUT2D eigenvalue weighted by atomic mass is 15.1. The number of fused-ring (bicyclic) bond motifs is 8. The molecule has 0 fully saturated rings. The van der Waals surface area contributed by atoms with Gasteiger partial charge in [0.25, 0.3) is 0 Å². The Hall–Kier alpha value is -7.29. The van der Waals surface area contributed by atoms with Crippen LogP contribution < -0.4 is 0 Å². The summed E-state index contributed by atoms with van der Waals surface area (Å²) < 4.78 is 2.30. The zero-order valence-electron chi connectivity index (χ0n) is 32.4. The third-order valence-corrected chi connectivity index (χ3v) is 12.8. The van der Waals surface area contributed by atoms with Crippen molar-refractivity contribution >= 4 is 54.1 Å². The van der Waals surface area contributed by atoms with Gasteiger partial charge in [-0.05, 0) is 130 Å². The quantitative estimate of drug-likeness (QED) is 0.164. The molecule has 0 N–H and O–H groups in total. The fourth-order valence-electron chi connectivity index (χ4n) is 10.1. The molecule has 10 aromatic carbocycles. The number of para-hydroxylation sites is 3. The Balaban J connectivity index is 1.17. The Kier molecular flexibility index (Phi) is 7.01. The molecule has 272 valence electrons. The standard InChI is InChI=1S/C56H38N2/c1-56(2)49-32-37(55-57-51-28-12-13-29-52(51)58(55)38-20-4-3-5-21-38)30-31-41(49)46-33-47-48(34-50(46)56)54(43-27-15-19-36-17-7-9-23-40(36)43)45-25-11-10-24-44(45)53(47)42-26-14-18-35-16-6-8-22-39(35)42/h3-34H,1-2H3. The predicted octanol–water partition coefficient (Wildman–Crippen LogP) is 14.9. The topological polar surface area (TPSA) is 17.8 Å². The normalized spacial score (nSPS) is 13.1. The Labute approximate surface area is 337 Å². The highest BCUT2D eigenvalue weighted by Crippen LogP contribution is 2.54. The monoisotopic (exact) mass is 738 g/mol. The molecule has 1 heterocycles. The van der Waals surface area contributed by atoms with Gasteiger partial charge in [-0.3, -0.25) is 4.57 Å². The molecule has 12 rings (SSSR count). The molecule has 0 aliphatic heterocycles. The molecule has 0 spiro atoms. The average molecular weight is 739 g/mol. The van der Waals surface area contributed by atoms with Crippen molar-refractivity contribution in [3.63, 3.8) is 0 Å². The molecule has 0 amide bonds. The summed E-state index contributed by atoms with van der Waals surface area (Å²) >= 11 is 0. The Morgan fingerprint density at radius 2 is 0.931 bits per heavy atom. The maximum Gasteiger partial charge on any atom is 0.145 e. The smallest absolute Gasteiger partial charge is 0.145 e. The SMILES string of the molecule is CC1(C)c2cc(-c3nc4ccccc4n3-c3ccccc3)ccc2-c2cc3c(-c4cccc5ccccc45)c4ccccc4c(-c4cccc5ccccc45)c3cc21. The van der Waals surface area contributed by atoms with Gasteiger partial charge in [0.05, 0.1) is 11.0 Å². The summed E-state index contributed by atoms with van der Waals surface area (Å²) in [6, 6.07) is 71.4. The maximum atomic E-state index is 5.26. The Morgan fingerprint density at radius 1 is 0.397 bits per heavy atom. The summed E-state index contributed by atoms with van der Waals surface area (Å²) in [4.78, 5) is 5.26. The van der Waals surface area contributed by atoms with Crippen molar-refractivity contribution in [2.24, 2.45) is 0 Å². The molecular weight excluding hydrogens is 701 g/mol. The molecule has 1 aromatic heterocycles. The lowest BCUT2D eigenvalue weighted by Gasteiger charge is -2.24. The molecular formula is C56H38N2. The number of rotatable bonds is 4. The minimum atomic E-state index is -0.264. The van der Waals surface area contributed by atoms with E-state index in [1.54, 1.807) is 0 Å². The van der Waals surface area contributed by atoms with Crippen molar-refractivity contribution in [3.05, 3.63) is 205 Å². The van der Waals surface area contributed by atoms with Crippen LogP contribution in [0.25, 0.3) is 105 Å². The largest absolute Gasteiger partial charge is 0.292 e. The molecule has 0 unspecified atom stereocenters. The molecule has 0 saturated heterocycles. The minimum absolute atomic E-state index is 0.264. The summed E-state index contributed by atoms with van der Waals surface area (Å²) in [6.07, 6.45) is 0. The summed E-state index contributed by atoms with van der Waals surface area (Å²) in [7, 11) is 0. The fourth-order valence-corrected chi connectivity index (χ4v) is 10.1. The van der Waals surface area contributed by atoms with Gasteiger partial charge in [0, 0.05) is 16.7 Å². The van der Waals surface area contributed by atoms with E-state index in [0.717, 1.165) is 28.1 Å². The van der Waals surface area contributed by atoms with Crippen LogP contribution in [0, 0.1) is 0 Å². The average Bonchev–Trinajstić information content (AvgIpc) is 3.77. The van der Waals surface area contributed by atoms with E-state index in [1.807, 2.05) is 0 Å². The summed E-state index contributed by atoms with van der Waals surface area (Å²) in [5, 5.41) is 10.1. The van der Waals surface area contributed by atoms with Crippen molar-refractivity contribution in [1.29, 1.82) is 0 Å². The first kappa shape index (κ1) is 32.9. The summed E-state index contributed by atoms with van der Waals surface area (Å²) in [5.74, 6) is 0.954. The molecule has 0 bridgehead atoms. The molecule has 11 aromatic rings. The molecule has 1 aliphatic rings. The van der Waals surface area contributed by atoms with Crippen molar-refractivity contribution in [2.75, 3.05) is 0 Å². The third kappa shape index (κ3) is 4.69. The van der Waals surface area contributed by atoms with E-state index in [0.29, 0.717) is 0 Å². The highest BCUT2D eigenvalue weighted by Gasteiger charge is 2.37. The highest BCUT2D eigenvalue weighted by molar-refractivity contribution is 6.26. The van der Waals surface area contributed by atoms with Gasteiger partial charge in [-0.25, -0.2) is 4.98 Å². The van der Waals surface area contributed by atoms with Crippen LogP contribution in [0.1, 0.15) is 25.0 Å². The van der Waals surface area contributed by atoms with Gasteiger partial charge in [-0.2, -0.15) is 0 Å². The van der Waals surface area contributed by atoms with Crippen LogP contribution in [-0.2, 0) is 5.41 Å². The van der Waals surface area contributed by atoms with Crippen LogP contribution in [-0.4, -0.2) is 9.55 Å². The summed E-state index contributed by atoms with van der Waals surface area (Å²) in [5.41, 5.74) is 14.4. The molecule has 58 heavy (non-hydrogen) atoms. The van der Waals surface area contributed by atoms with Crippen LogP contribution in [0.2, 0.25) is 0 Å². The van der Waals surface area contributed by atoms with Crippen molar-refractivity contribution in [3.8, 4) is 50.5 Å². The lowest BCUT2D eigenvalue weighted by atomic mass is 9.78. The fraction of sp³-hybridized carbons (Fsp3) is 0.0536. The number of benzene rings is 10. The Morgan fingerprint density at radius 3 is 1.60 bits per heavy atom. The van der Waals surface area contributed by atoms with Gasteiger partial charge in [-0.15, -0.1) is 0 Å². The first-order valence-electron chi connectivity index (χ1n) is 20.2. The first-order valence-corrected chi connectivity index (χ1v) is 20.2. The van der Waals surface area contributed by atoms with E-state index < -0.39 is 0 Å². The second-order valence-electron chi connectivity index (χ2n) is 16.3. The van der Waals surface area contributed by atoms with E-state index >= 15 is 0 Å². The van der Waals surface area contributed by atoms with Crippen LogP contribution in [0.5, 0.6) is 0 Å². The number of aromatic nitrogens is 2. The van der Waals surface area contributed by atoms with Crippen LogP contribution in [0.4, 0.5) is 0 Å². The lowest BCUT2D eigenvalue weighted by molar-refractivity contribution is 0.661. The minimum Gasteiger partial charge on any atom is -0.292 e. The zero-order chi connectivity index (χ0) is 38.5. The lowest BCUT2D eigenvalue weighted by Crippen LogP contribution is -2.15. The summed E-state index contributed by atoms with van der Waals surface area (Å²) in [6.45, 7) is 4.80. The molecule has 0 saturated carbocycles. The van der Waals surface area contributed by atoms with Gasteiger partial charge in [-0.1, -0.05) is 166 Å². The number of hydrogen-bond donors (Lipinski definition) is 0. The molecule has 0 atom stereocenters. The molecule has 2 heteroatoms. The first-order chi connectivity index (χ1) is 28.5. The van der Waals surface area contributed by atoms with Gasteiger partial charge in [0.2, 0.25) is 0 Å². The number of nitrogens with zero attached hydrogens (tertiary/aromatic N) is 2. The number of imidazole rings is 1. The van der Waals surface area contributed by atoms with Crippen molar-refractivity contribution in [1.82, 2.24) is 9.55 Å². The maximum absolute atomic E-state index is 5.26. The van der Waals surface area contributed by atoms with E-state index in [-0.39, 0.29) is 5.41 Å². The predicted molar refractivity (Wildman–Crippen MR) is 245 cm³/mol. The van der Waals surface area contributed by atoms with E-state index in [2.05, 4.69) is 213 Å². The van der Waals surface area contributed by atoms with Crippen molar-refractivity contribution in [2.45, 2.75) is 19.3 Å². The molecule has 0 radical (unpaired) electrons. The van der Waals surface area contributed by atoms with Crippen LogP contribution in [0.15, 0.2) is 194 Å². The second kappa shape index (κ2) is 12.4. The Bertz CT molecular complexity index is 3470. The molecule has 2 nitrogen and oxygen atoms in total. The van der Waals surface area contributed by atoms with Crippen LogP contribution in [0.3, 0.4) is 0 Å². The van der Waals surface area contributed by atoms with E-state index in [1.165, 1.54) is 87.6 Å². The van der Waals surface area contributed by atoms with E-state index in [9.17, 15) is 0 Å². The zero-order valence-corrected chi connectivity index (χ0v) is 32.4. The van der Waals surface area contributed by atoms with Gasteiger partial charge >= 0.3 is 0 Å². The van der Waals surface area contributed by atoms with Crippen molar-refractivity contribution < 1.29 is 0 Å².